The van der Waals surface area contributed by atoms with Crippen LogP contribution in [0.2, 0.25) is 0 Å². The van der Waals surface area contributed by atoms with Crippen molar-refractivity contribution in [1.29, 1.82) is 0 Å². The van der Waals surface area contributed by atoms with E-state index in [2.05, 4.69) is 82.8 Å². The smallest absolute Gasteiger partial charge is 0.126 e. The Balaban J connectivity index is 1.51. The van der Waals surface area contributed by atoms with Crippen molar-refractivity contribution in [2.75, 3.05) is 28.4 Å². The van der Waals surface area contributed by atoms with E-state index < -0.39 is 0 Å². The van der Waals surface area contributed by atoms with E-state index in [-0.39, 0.29) is 0 Å². The van der Waals surface area contributed by atoms with Gasteiger partial charge >= 0.3 is 0 Å². The lowest BCUT2D eigenvalue weighted by Gasteiger charge is -2.12. The molecule has 0 fully saturated rings. The van der Waals surface area contributed by atoms with Gasteiger partial charge in [0.05, 0.1) is 51.2 Å². The summed E-state index contributed by atoms with van der Waals surface area (Å²) in [5, 5.41) is 0. The average Bonchev–Trinajstić information content (AvgIpc) is 4.10. The minimum Gasteiger partial charge on any atom is -0.496 e. The fourth-order valence-corrected chi connectivity index (χ4v) is 7.74. The number of nitrogens with zero attached hydrogens (tertiary/aromatic N) is 2. The topological polar surface area (TPSA) is 94.3 Å². The summed E-state index contributed by atoms with van der Waals surface area (Å²) in [6.45, 7) is 0. The molecule has 0 saturated carbocycles. The van der Waals surface area contributed by atoms with E-state index in [1.165, 1.54) is 0 Å². The Morgan fingerprint density at radius 3 is 0.929 bits per heavy atom. The van der Waals surface area contributed by atoms with Gasteiger partial charge in [-0.25, -0.2) is 9.97 Å². The summed E-state index contributed by atoms with van der Waals surface area (Å²) in [5.41, 5.74) is 13.7. The van der Waals surface area contributed by atoms with Crippen LogP contribution in [0.25, 0.3) is 90.9 Å². The van der Waals surface area contributed by atoms with Gasteiger partial charge in [0.2, 0.25) is 0 Å². The molecule has 0 unspecified atom stereocenters. The molecule has 0 saturated heterocycles. The van der Waals surface area contributed by atoms with Gasteiger partial charge in [0, 0.05) is 66.6 Å². The van der Waals surface area contributed by atoms with Crippen LogP contribution in [0.4, 0.5) is 0 Å². The largest absolute Gasteiger partial charge is 0.496 e. The molecular formula is C48H38N4O4. The Morgan fingerprint density at radius 1 is 0.321 bits per heavy atom. The maximum absolute atomic E-state index is 5.95. The number of aromatic nitrogens is 4. The second-order valence-corrected chi connectivity index (χ2v) is 13.3. The molecular weight excluding hydrogens is 697 g/mol. The molecule has 0 spiro atoms. The molecule has 0 aliphatic carbocycles. The number of aromatic amines is 2. The lowest BCUT2D eigenvalue weighted by Crippen LogP contribution is -1.94. The van der Waals surface area contributed by atoms with Gasteiger partial charge in [0.25, 0.3) is 0 Å². The zero-order chi connectivity index (χ0) is 38.2. The van der Waals surface area contributed by atoms with E-state index in [1.807, 2.05) is 72.8 Å². The van der Waals surface area contributed by atoms with E-state index >= 15 is 0 Å². The number of para-hydroxylation sites is 4. The standard InChI is InChI=1S/C48H38N4O4/c1-53-41-17-9-5-13-29(41)45-33-21-23-35(49-33)46(30-14-6-10-18-42(30)54-2)37-25-27-39(51-37)48(32-16-8-12-20-44(32)56-4)40-28-26-38(52-40)47(36-24-22-34(45)50-36)31-15-7-11-19-43(31)55-3/h5-28,49-50H,1-4H3. The van der Waals surface area contributed by atoms with Gasteiger partial charge in [-0.2, -0.15) is 0 Å². The number of hydrogen-bond acceptors (Lipinski definition) is 6. The van der Waals surface area contributed by atoms with E-state index in [9.17, 15) is 0 Å². The van der Waals surface area contributed by atoms with Crippen molar-refractivity contribution in [3.8, 4) is 67.5 Å². The molecule has 274 valence electrons. The third-order valence-electron chi connectivity index (χ3n) is 10.3. The summed E-state index contributed by atoms with van der Waals surface area (Å²) < 4.78 is 23.8. The fourth-order valence-electron chi connectivity index (χ4n) is 7.74. The molecule has 56 heavy (non-hydrogen) atoms. The molecule has 0 radical (unpaired) electrons. The van der Waals surface area contributed by atoms with Crippen LogP contribution < -0.4 is 18.9 Å². The molecule has 2 aliphatic rings. The normalized spacial score (nSPS) is 11.8. The highest BCUT2D eigenvalue weighted by Gasteiger charge is 2.23. The summed E-state index contributed by atoms with van der Waals surface area (Å²) in [6, 6.07) is 40.5. The van der Waals surface area contributed by atoms with Crippen molar-refractivity contribution in [1.82, 2.24) is 19.9 Å². The molecule has 0 atom stereocenters. The van der Waals surface area contributed by atoms with E-state index in [1.54, 1.807) is 28.4 Å². The highest BCUT2D eigenvalue weighted by Crippen LogP contribution is 2.43. The zero-order valence-corrected chi connectivity index (χ0v) is 31.4. The predicted octanol–water partition coefficient (Wildman–Crippen LogP) is 11.4. The minimum absolute atomic E-state index is 0.719. The van der Waals surface area contributed by atoms with Crippen molar-refractivity contribution in [2.24, 2.45) is 0 Å². The third kappa shape index (κ3) is 5.88. The first-order valence-corrected chi connectivity index (χ1v) is 18.3. The number of ether oxygens (including phenoxy) is 4. The molecule has 8 heteroatoms. The number of benzene rings is 4. The Morgan fingerprint density at radius 2 is 0.589 bits per heavy atom. The molecule has 5 heterocycles. The first-order valence-electron chi connectivity index (χ1n) is 18.3. The molecule has 8 bridgehead atoms. The minimum atomic E-state index is 0.719. The Kier molecular flexibility index (Phi) is 8.91. The van der Waals surface area contributed by atoms with Gasteiger partial charge in [-0.15, -0.1) is 0 Å². The van der Waals surface area contributed by atoms with Crippen LogP contribution in [0.1, 0.15) is 22.8 Å². The van der Waals surface area contributed by atoms with Crippen LogP contribution >= 0.6 is 0 Å². The SMILES string of the molecule is COc1ccccc1-c1c2nc(c(-c3ccccc3OC)c3ccc([nH]3)c(-c3ccccc3OC)c3ccc([nH]3)c(-c3ccccc3OC)c3nc1C=C3)C=C2. The van der Waals surface area contributed by atoms with Crippen LogP contribution in [0.15, 0.2) is 121 Å². The van der Waals surface area contributed by atoms with E-state index in [0.717, 1.165) is 112 Å². The van der Waals surface area contributed by atoms with Crippen molar-refractivity contribution in [2.45, 2.75) is 0 Å². The molecule has 9 rings (SSSR count). The Hall–Kier alpha value is -7.32. The maximum Gasteiger partial charge on any atom is 0.126 e. The second kappa shape index (κ2) is 14.5. The average molecular weight is 735 g/mol. The first kappa shape index (κ1) is 34.4. The number of nitrogens with one attached hydrogen (secondary N) is 2. The van der Waals surface area contributed by atoms with Gasteiger partial charge in [0.15, 0.2) is 0 Å². The van der Waals surface area contributed by atoms with Crippen LogP contribution in [-0.2, 0) is 0 Å². The van der Waals surface area contributed by atoms with Gasteiger partial charge in [-0.1, -0.05) is 72.8 Å². The molecule has 7 aromatic rings. The van der Waals surface area contributed by atoms with Crippen molar-refractivity contribution in [3.63, 3.8) is 0 Å². The summed E-state index contributed by atoms with van der Waals surface area (Å²) in [4.78, 5) is 18.4. The number of methoxy groups -OCH3 is 4. The molecule has 0 amide bonds. The zero-order valence-electron chi connectivity index (χ0n) is 31.4. The molecule has 2 aliphatic heterocycles. The van der Waals surface area contributed by atoms with E-state index in [4.69, 9.17) is 28.9 Å². The fraction of sp³-hybridized carbons (Fsp3) is 0.0833. The summed E-state index contributed by atoms with van der Waals surface area (Å²) in [7, 11) is 6.77. The summed E-state index contributed by atoms with van der Waals surface area (Å²) in [6.07, 6.45) is 8.22. The second-order valence-electron chi connectivity index (χ2n) is 13.3. The molecule has 2 N–H and O–H groups in total. The van der Waals surface area contributed by atoms with Crippen LogP contribution in [-0.4, -0.2) is 48.4 Å². The molecule has 4 aromatic carbocycles. The lowest BCUT2D eigenvalue weighted by molar-refractivity contribution is 0.416. The van der Waals surface area contributed by atoms with Crippen LogP contribution in [0.3, 0.4) is 0 Å². The number of hydrogen-bond donors (Lipinski definition) is 2. The predicted molar refractivity (Wildman–Crippen MR) is 227 cm³/mol. The number of rotatable bonds is 8. The van der Waals surface area contributed by atoms with Crippen molar-refractivity contribution >= 4 is 46.4 Å². The quantitative estimate of drug-likeness (QED) is 0.161. The van der Waals surface area contributed by atoms with Gasteiger partial charge in [-0.05, 0) is 72.8 Å². The highest BCUT2D eigenvalue weighted by atomic mass is 16.5. The van der Waals surface area contributed by atoms with Crippen LogP contribution in [0.5, 0.6) is 23.0 Å². The van der Waals surface area contributed by atoms with Crippen molar-refractivity contribution in [3.05, 3.63) is 144 Å². The summed E-state index contributed by atoms with van der Waals surface area (Å²) in [5.74, 6) is 2.93. The van der Waals surface area contributed by atoms with Crippen LogP contribution in [0, 0.1) is 0 Å². The Labute approximate surface area is 324 Å². The van der Waals surface area contributed by atoms with Gasteiger partial charge in [0.1, 0.15) is 23.0 Å². The van der Waals surface area contributed by atoms with Gasteiger partial charge in [-0.3, -0.25) is 0 Å². The molecule has 8 nitrogen and oxygen atoms in total. The summed E-state index contributed by atoms with van der Waals surface area (Å²) >= 11 is 0. The van der Waals surface area contributed by atoms with Gasteiger partial charge < -0.3 is 28.9 Å². The first-order chi connectivity index (χ1) is 27.6. The Bertz CT molecular complexity index is 2740. The maximum atomic E-state index is 5.95. The van der Waals surface area contributed by atoms with Crippen molar-refractivity contribution < 1.29 is 18.9 Å². The lowest BCUT2D eigenvalue weighted by atomic mass is 10.0. The molecule has 3 aromatic heterocycles. The third-order valence-corrected chi connectivity index (χ3v) is 10.3. The number of H-pyrrole nitrogens is 2. The highest BCUT2D eigenvalue weighted by molar-refractivity contribution is 6.02. The monoisotopic (exact) mass is 734 g/mol. The number of fused-ring (bicyclic) bond motifs is 8. The van der Waals surface area contributed by atoms with E-state index in [0.29, 0.717) is 0 Å².